The third-order valence-corrected chi connectivity index (χ3v) is 4.30. The summed E-state index contributed by atoms with van der Waals surface area (Å²) in [5.41, 5.74) is 0.913. The molecule has 1 saturated carbocycles. The van der Waals surface area contributed by atoms with Crippen molar-refractivity contribution < 1.29 is 4.79 Å². The van der Waals surface area contributed by atoms with Crippen molar-refractivity contribution in [3.05, 3.63) is 35.9 Å². The summed E-state index contributed by atoms with van der Waals surface area (Å²) in [6, 6.07) is 10.5. The van der Waals surface area contributed by atoms with E-state index < -0.39 is 0 Å². The lowest BCUT2D eigenvalue weighted by Gasteiger charge is -2.32. The number of nitrogens with one attached hydrogen (secondary N) is 1. The zero-order chi connectivity index (χ0) is 14.3. The average molecular weight is 273 g/mol. The molecule has 2 atom stereocenters. The molecule has 1 N–H and O–H groups in total. The van der Waals surface area contributed by atoms with Crippen molar-refractivity contribution in [3.8, 4) is 0 Å². The first kappa shape index (κ1) is 13.6. The van der Waals surface area contributed by atoms with E-state index in [0.29, 0.717) is 0 Å². The van der Waals surface area contributed by atoms with Crippen molar-refractivity contribution in [3.63, 3.8) is 0 Å². The number of hydrogen-bond acceptors (Lipinski definition) is 3. The monoisotopic (exact) mass is 273 g/mol. The minimum atomic E-state index is -0.263. The van der Waals surface area contributed by atoms with Gasteiger partial charge in [-0.05, 0) is 39.4 Å². The summed E-state index contributed by atoms with van der Waals surface area (Å²) in [5.74, 6) is 0.278. The Bertz CT molecular complexity index is 496. The molecule has 1 aliphatic heterocycles. The minimum absolute atomic E-state index is 0.0150. The van der Waals surface area contributed by atoms with E-state index in [9.17, 15) is 4.79 Å². The lowest BCUT2D eigenvalue weighted by atomic mass is 10.1. The highest BCUT2D eigenvalue weighted by molar-refractivity contribution is 5.92. The van der Waals surface area contributed by atoms with Gasteiger partial charge in [-0.25, -0.2) is 0 Å². The second-order valence-electron chi connectivity index (χ2n) is 6.36. The highest BCUT2D eigenvalue weighted by Crippen LogP contribution is 2.46. The van der Waals surface area contributed by atoms with Gasteiger partial charge in [0.2, 0.25) is 5.91 Å². The Balaban J connectivity index is 1.89. The normalized spacial score (nSPS) is 25.5. The van der Waals surface area contributed by atoms with Gasteiger partial charge in [0.05, 0.1) is 0 Å². The second-order valence-corrected chi connectivity index (χ2v) is 6.36. The summed E-state index contributed by atoms with van der Waals surface area (Å²) in [6.45, 7) is 3.02. The van der Waals surface area contributed by atoms with Crippen molar-refractivity contribution in [1.29, 1.82) is 0 Å². The van der Waals surface area contributed by atoms with Crippen LogP contribution in [0.2, 0.25) is 0 Å². The molecule has 0 radical (unpaired) electrons. The summed E-state index contributed by atoms with van der Waals surface area (Å²) in [4.78, 5) is 16.9. The van der Waals surface area contributed by atoms with Gasteiger partial charge in [0, 0.05) is 12.6 Å². The van der Waals surface area contributed by atoms with Crippen molar-refractivity contribution >= 4 is 5.91 Å². The average Bonchev–Trinajstić information content (AvgIpc) is 3.12. The van der Waals surface area contributed by atoms with E-state index in [2.05, 4.69) is 43.4 Å². The maximum atomic E-state index is 12.7. The van der Waals surface area contributed by atoms with E-state index in [4.69, 9.17) is 0 Å². The lowest BCUT2D eigenvalue weighted by Crippen LogP contribution is -2.43. The fourth-order valence-electron chi connectivity index (χ4n) is 3.19. The summed E-state index contributed by atoms with van der Waals surface area (Å²) in [5, 5.41) is 3.57. The van der Waals surface area contributed by atoms with Gasteiger partial charge in [0.15, 0.2) is 0 Å². The van der Waals surface area contributed by atoms with Gasteiger partial charge in [0.25, 0.3) is 0 Å². The molecule has 4 heteroatoms. The number of carbonyl (C=O) groups is 1. The van der Waals surface area contributed by atoms with Crippen molar-refractivity contribution in [2.75, 3.05) is 20.6 Å². The largest absolute Gasteiger partial charge is 0.317 e. The van der Waals surface area contributed by atoms with Crippen LogP contribution < -0.4 is 5.32 Å². The van der Waals surface area contributed by atoms with E-state index in [1.165, 1.54) is 5.56 Å². The molecule has 0 aromatic heterocycles. The molecule has 1 amide bonds. The zero-order valence-corrected chi connectivity index (χ0v) is 12.5. The van der Waals surface area contributed by atoms with E-state index >= 15 is 0 Å². The smallest absolute Gasteiger partial charge is 0.244 e. The van der Waals surface area contributed by atoms with E-state index in [1.807, 2.05) is 23.1 Å². The van der Waals surface area contributed by atoms with Gasteiger partial charge in [-0.3, -0.25) is 10.1 Å². The van der Waals surface area contributed by atoms with Crippen LogP contribution in [-0.4, -0.2) is 47.9 Å². The van der Waals surface area contributed by atoms with Crippen molar-refractivity contribution in [2.45, 2.75) is 37.5 Å². The Morgan fingerprint density at radius 1 is 1.35 bits per heavy atom. The van der Waals surface area contributed by atoms with Crippen LogP contribution in [0.4, 0.5) is 0 Å². The van der Waals surface area contributed by atoms with Crippen LogP contribution >= 0.6 is 0 Å². The maximum absolute atomic E-state index is 12.7. The number of rotatable bonds is 4. The van der Waals surface area contributed by atoms with Gasteiger partial charge >= 0.3 is 0 Å². The third-order valence-electron chi connectivity index (χ3n) is 4.30. The van der Waals surface area contributed by atoms with Crippen LogP contribution in [0.25, 0.3) is 0 Å². The van der Waals surface area contributed by atoms with Gasteiger partial charge in [-0.2, -0.15) is 0 Å². The molecule has 20 heavy (non-hydrogen) atoms. The first-order valence-corrected chi connectivity index (χ1v) is 7.34. The molecular weight excluding hydrogens is 250 g/mol. The number of hydrogen-bond donors (Lipinski definition) is 1. The molecule has 1 aromatic carbocycles. The van der Waals surface area contributed by atoms with E-state index in [1.54, 1.807) is 0 Å². The van der Waals surface area contributed by atoms with E-state index in [-0.39, 0.29) is 23.7 Å². The number of nitrogens with zero attached hydrogens (tertiary/aromatic N) is 2. The fourth-order valence-corrected chi connectivity index (χ4v) is 3.19. The first-order chi connectivity index (χ1) is 9.53. The molecule has 1 saturated heterocycles. The number of carbonyl (C=O) groups excluding carboxylic acids is 1. The predicted octanol–water partition coefficient (Wildman–Crippen LogP) is 1.60. The summed E-state index contributed by atoms with van der Waals surface area (Å²) >= 11 is 0. The highest BCUT2D eigenvalue weighted by Gasteiger charge is 2.60. The number of likely N-dealkylation sites (N-methyl/N-ethyl adjacent to an activating group) is 1. The van der Waals surface area contributed by atoms with Gasteiger partial charge in [-0.15, -0.1) is 0 Å². The second kappa shape index (κ2) is 4.86. The summed E-state index contributed by atoms with van der Waals surface area (Å²) < 4.78 is 0. The van der Waals surface area contributed by atoms with Crippen molar-refractivity contribution in [2.24, 2.45) is 0 Å². The van der Waals surface area contributed by atoms with Gasteiger partial charge < -0.3 is 9.80 Å². The van der Waals surface area contributed by atoms with Crippen LogP contribution in [-0.2, 0) is 4.79 Å². The SMILES string of the molecule is CC(CN(C)C)N1C(=O)C2(CC2)NC1c1ccccc1. The molecule has 3 rings (SSSR count). The van der Waals surface area contributed by atoms with Crippen molar-refractivity contribution in [1.82, 2.24) is 15.1 Å². The molecule has 108 valence electrons. The zero-order valence-electron chi connectivity index (χ0n) is 12.5. The summed E-state index contributed by atoms with van der Waals surface area (Å²) in [6.07, 6.45) is 1.96. The quantitative estimate of drug-likeness (QED) is 0.905. The van der Waals surface area contributed by atoms with Crippen LogP contribution in [0.5, 0.6) is 0 Å². The molecule has 2 aliphatic rings. The first-order valence-electron chi connectivity index (χ1n) is 7.34. The molecule has 1 heterocycles. The summed E-state index contributed by atoms with van der Waals surface area (Å²) in [7, 11) is 4.10. The topological polar surface area (TPSA) is 35.6 Å². The van der Waals surface area contributed by atoms with Gasteiger partial charge in [0.1, 0.15) is 11.7 Å². The van der Waals surface area contributed by atoms with Crippen LogP contribution in [0, 0.1) is 0 Å². The molecule has 1 aliphatic carbocycles. The third kappa shape index (κ3) is 2.23. The molecule has 1 spiro atoms. The lowest BCUT2D eigenvalue weighted by molar-refractivity contribution is -0.133. The molecule has 4 nitrogen and oxygen atoms in total. The maximum Gasteiger partial charge on any atom is 0.244 e. The Hall–Kier alpha value is -1.39. The Morgan fingerprint density at radius 2 is 2.00 bits per heavy atom. The molecule has 0 bridgehead atoms. The minimum Gasteiger partial charge on any atom is -0.317 e. The molecule has 2 unspecified atom stereocenters. The Kier molecular flexibility index (Phi) is 3.30. The number of amides is 1. The Morgan fingerprint density at radius 3 is 2.55 bits per heavy atom. The molecule has 1 aromatic rings. The fraction of sp³-hybridized carbons (Fsp3) is 0.562. The number of benzene rings is 1. The predicted molar refractivity (Wildman–Crippen MR) is 79.1 cm³/mol. The highest BCUT2D eigenvalue weighted by atomic mass is 16.2. The molecular formula is C16H23N3O. The van der Waals surface area contributed by atoms with Gasteiger partial charge in [-0.1, -0.05) is 30.3 Å². The molecule has 2 fully saturated rings. The van der Waals surface area contributed by atoms with Crippen LogP contribution in [0.3, 0.4) is 0 Å². The van der Waals surface area contributed by atoms with Crippen LogP contribution in [0.1, 0.15) is 31.5 Å². The Labute approximate surface area is 120 Å². The van der Waals surface area contributed by atoms with E-state index in [0.717, 1.165) is 19.4 Å². The van der Waals surface area contributed by atoms with Crippen LogP contribution in [0.15, 0.2) is 30.3 Å². The standard InChI is InChI=1S/C16H23N3O/c1-12(11-18(2)3)19-14(13-7-5-4-6-8-13)17-16(9-10-16)15(19)20/h4-8,12,14,17H,9-11H2,1-3H3.